The highest BCUT2D eigenvalue weighted by molar-refractivity contribution is 5.62. The average molecular weight is 373 g/mol. The van der Waals surface area contributed by atoms with Crippen LogP contribution in [0.1, 0.15) is 18.1 Å². The van der Waals surface area contributed by atoms with Crippen LogP contribution in [0.5, 0.6) is 0 Å². The van der Waals surface area contributed by atoms with Crippen molar-refractivity contribution in [2.24, 2.45) is 0 Å². The third-order valence-corrected chi connectivity index (χ3v) is 3.92. The number of aryl methyl sites for hydroxylation is 1. The third kappa shape index (κ3) is 4.52. The molecule has 3 aromatic rings. The van der Waals surface area contributed by atoms with E-state index >= 15 is 0 Å². The zero-order chi connectivity index (χ0) is 19.4. The first-order chi connectivity index (χ1) is 12.9. The first kappa shape index (κ1) is 18.6. The molecule has 8 heteroatoms. The molecular formula is C19H18F3N5. The number of benzene rings is 2. The van der Waals surface area contributed by atoms with Crippen molar-refractivity contribution in [1.82, 2.24) is 15.2 Å². The molecule has 1 N–H and O–H groups in total. The Bertz CT molecular complexity index is 910. The fraction of sp³-hybridized carbons (Fsp3) is 0.211. The Morgan fingerprint density at radius 3 is 2.44 bits per heavy atom. The van der Waals surface area contributed by atoms with Crippen LogP contribution < -0.4 is 10.2 Å². The van der Waals surface area contributed by atoms with Crippen LogP contribution in [-0.4, -0.2) is 21.7 Å². The van der Waals surface area contributed by atoms with Gasteiger partial charge in [0.15, 0.2) is 5.82 Å². The molecule has 0 amide bonds. The van der Waals surface area contributed by atoms with Crippen molar-refractivity contribution in [3.8, 4) is 0 Å². The number of halogens is 3. The van der Waals surface area contributed by atoms with Crippen molar-refractivity contribution >= 4 is 23.1 Å². The van der Waals surface area contributed by atoms with Crippen molar-refractivity contribution < 1.29 is 13.2 Å². The van der Waals surface area contributed by atoms with Gasteiger partial charge in [0.2, 0.25) is 5.95 Å². The van der Waals surface area contributed by atoms with Gasteiger partial charge < -0.3 is 10.2 Å². The molecule has 0 saturated heterocycles. The van der Waals surface area contributed by atoms with Crippen LogP contribution in [-0.2, 0) is 6.18 Å². The highest BCUT2D eigenvalue weighted by atomic mass is 19.4. The van der Waals surface area contributed by atoms with Crippen LogP contribution in [0, 0.1) is 6.92 Å². The predicted octanol–water partition coefficient (Wildman–Crippen LogP) is 5.10. The molecule has 0 aliphatic carbocycles. The lowest BCUT2D eigenvalue weighted by molar-refractivity contribution is -0.137. The number of aromatic nitrogens is 3. The molecule has 0 fully saturated rings. The summed E-state index contributed by atoms with van der Waals surface area (Å²) in [6.07, 6.45) is -2.82. The van der Waals surface area contributed by atoms with Crippen molar-refractivity contribution in [2.45, 2.75) is 20.0 Å². The van der Waals surface area contributed by atoms with Gasteiger partial charge in [-0.05, 0) is 55.8 Å². The van der Waals surface area contributed by atoms with Crippen molar-refractivity contribution in [1.29, 1.82) is 0 Å². The topological polar surface area (TPSA) is 53.9 Å². The van der Waals surface area contributed by atoms with Crippen LogP contribution in [0.4, 0.5) is 36.3 Å². The summed E-state index contributed by atoms with van der Waals surface area (Å²) >= 11 is 0. The Kier molecular flexibility index (Phi) is 5.25. The van der Waals surface area contributed by atoms with Crippen LogP contribution in [0.3, 0.4) is 0 Å². The second kappa shape index (κ2) is 7.61. The minimum absolute atomic E-state index is 0.207. The van der Waals surface area contributed by atoms with E-state index in [1.54, 1.807) is 6.20 Å². The molecule has 5 nitrogen and oxygen atoms in total. The zero-order valence-electron chi connectivity index (χ0n) is 14.8. The summed E-state index contributed by atoms with van der Waals surface area (Å²) < 4.78 is 38.0. The molecule has 0 radical (unpaired) electrons. The lowest BCUT2D eigenvalue weighted by Gasteiger charge is -2.22. The van der Waals surface area contributed by atoms with E-state index in [9.17, 15) is 13.2 Å². The van der Waals surface area contributed by atoms with Gasteiger partial charge in [0.05, 0.1) is 11.8 Å². The SMILES string of the molecule is CCN(c1cccc(C)c1)c1cnnc(Nc2ccc(C(F)(F)F)cc2)n1. The van der Waals surface area contributed by atoms with E-state index in [2.05, 4.69) is 20.5 Å². The molecule has 0 unspecified atom stereocenters. The monoisotopic (exact) mass is 373 g/mol. The summed E-state index contributed by atoms with van der Waals surface area (Å²) in [6, 6.07) is 12.6. The molecule has 0 aliphatic heterocycles. The van der Waals surface area contributed by atoms with E-state index in [0.29, 0.717) is 18.1 Å². The number of rotatable bonds is 5. The standard InChI is InChI=1S/C19H18F3N5/c1-3-27(16-6-4-5-13(2)11-16)17-12-23-26-18(25-17)24-15-9-7-14(8-10-15)19(20,21)22/h4-12H,3H2,1-2H3,(H,24,25,26). The number of hydrogen-bond donors (Lipinski definition) is 1. The van der Waals surface area contributed by atoms with Gasteiger partial charge >= 0.3 is 6.18 Å². The Morgan fingerprint density at radius 2 is 1.81 bits per heavy atom. The summed E-state index contributed by atoms with van der Waals surface area (Å²) in [5.41, 5.74) is 1.83. The number of nitrogens with zero attached hydrogens (tertiary/aromatic N) is 4. The second-order valence-corrected chi connectivity index (χ2v) is 5.92. The maximum Gasteiger partial charge on any atom is 0.416 e. The van der Waals surface area contributed by atoms with E-state index < -0.39 is 11.7 Å². The summed E-state index contributed by atoms with van der Waals surface area (Å²) in [4.78, 5) is 6.41. The third-order valence-electron chi connectivity index (χ3n) is 3.92. The number of anilines is 4. The molecule has 1 aromatic heterocycles. The van der Waals surface area contributed by atoms with Crippen LogP contribution in [0.25, 0.3) is 0 Å². The zero-order valence-corrected chi connectivity index (χ0v) is 14.8. The van der Waals surface area contributed by atoms with Gasteiger partial charge in [-0.2, -0.15) is 23.3 Å². The van der Waals surface area contributed by atoms with Crippen molar-refractivity contribution in [2.75, 3.05) is 16.8 Å². The van der Waals surface area contributed by atoms with E-state index in [0.717, 1.165) is 23.4 Å². The number of alkyl halides is 3. The first-order valence-corrected chi connectivity index (χ1v) is 8.35. The summed E-state index contributed by atoms with van der Waals surface area (Å²) in [5, 5.41) is 10.8. The maximum atomic E-state index is 12.7. The number of hydrogen-bond acceptors (Lipinski definition) is 5. The minimum atomic E-state index is -4.37. The van der Waals surface area contributed by atoms with Gasteiger partial charge in [0, 0.05) is 17.9 Å². The van der Waals surface area contributed by atoms with Crippen molar-refractivity contribution in [3.63, 3.8) is 0 Å². The smallest absolute Gasteiger partial charge is 0.325 e. The van der Waals surface area contributed by atoms with Crippen LogP contribution in [0.2, 0.25) is 0 Å². The van der Waals surface area contributed by atoms with E-state index in [-0.39, 0.29) is 5.95 Å². The van der Waals surface area contributed by atoms with E-state index in [4.69, 9.17) is 0 Å². The molecule has 0 saturated carbocycles. The lowest BCUT2D eigenvalue weighted by atomic mass is 10.2. The molecule has 2 aromatic carbocycles. The molecule has 0 spiro atoms. The maximum absolute atomic E-state index is 12.7. The van der Waals surface area contributed by atoms with Crippen molar-refractivity contribution in [3.05, 3.63) is 65.9 Å². The largest absolute Gasteiger partial charge is 0.416 e. The second-order valence-electron chi connectivity index (χ2n) is 5.92. The highest BCUT2D eigenvalue weighted by Gasteiger charge is 2.29. The van der Waals surface area contributed by atoms with E-state index in [1.165, 1.54) is 12.1 Å². The number of nitrogens with one attached hydrogen (secondary N) is 1. The van der Waals surface area contributed by atoms with Crippen LogP contribution >= 0.6 is 0 Å². The lowest BCUT2D eigenvalue weighted by Crippen LogP contribution is -2.18. The molecule has 27 heavy (non-hydrogen) atoms. The molecule has 0 bridgehead atoms. The first-order valence-electron chi connectivity index (χ1n) is 8.35. The molecule has 0 aliphatic rings. The van der Waals surface area contributed by atoms with Crippen LogP contribution in [0.15, 0.2) is 54.7 Å². The quantitative estimate of drug-likeness (QED) is 0.674. The highest BCUT2D eigenvalue weighted by Crippen LogP contribution is 2.30. The predicted molar refractivity (Wildman–Crippen MR) is 98.4 cm³/mol. The fourth-order valence-electron chi connectivity index (χ4n) is 2.62. The van der Waals surface area contributed by atoms with Gasteiger partial charge in [-0.15, -0.1) is 5.10 Å². The molecule has 1 heterocycles. The molecule has 0 atom stereocenters. The minimum Gasteiger partial charge on any atom is -0.325 e. The molecule has 140 valence electrons. The van der Waals surface area contributed by atoms with Gasteiger partial charge in [0.1, 0.15) is 0 Å². The van der Waals surface area contributed by atoms with Gasteiger partial charge in [-0.1, -0.05) is 12.1 Å². The van der Waals surface area contributed by atoms with Gasteiger partial charge in [-0.3, -0.25) is 0 Å². The Balaban J connectivity index is 1.82. The summed E-state index contributed by atoms with van der Waals surface area (Å²) in [7, 11) is 0. The summed E-state index contributed by atoms with van der Waals surface area (Å²) in [6.45, 7) is 4.67. The molecular weight excluding hydrogens is 355 g/mol. The van der Waals surface area contributed by atoms with Gasteiger partial charge in [-0.25, -0.2) is 0 Å². The summed E-state index contributed by atoms with van der Waals surface area (Å²) in [5.74, 6) is 0.797. The van der Waals surface area contributed by atoms with E-state index in [1.807, 2.05) is 43.0 Å². The Morgan fingerprint density at radius 1 is 1.07 bits per heavy atom. The Hall–Kier alpha value is -3.16. The average Bonchev–Trinajstić information content (AvgIpc) is 2.62. The normalized spacial score (nSPS) is 11.3. The molecule has 3 rings (SSSR count). The van der Waals surface area contributed by atoms with Gasteiger partial charge in [0.25, 0.3) is 0 Å². The Labute approximate surface area is 154 Å². The fourth-order valence-corrected chi connectivity index (χ4v) is 2.62.